The predicted molar refractivity (Wildman–Crippen MR) is 101 cm³/mol. The van der Waals surface area contributed by atoms with Crippen molar-refractivity contribution < 1.29 is 9.59 Å². The normalized spacial score (nSPS) is 29.4. The quantitative estimate of drug-likeness (QED) is 0.871. The lowest BCUT2D eigenvalue weighted by atomic mass is 9.86. The number of amides is 2. The van der Waals surface area contributed by atoms with Crippen LogP contribution in [0.5, 0.6) is 0 Å². The number of rotatable bonds is 4. The number of anilines is 2. The molecule has 0 aromatic carbocycles. The van der Waals surface area contributed by atoms with Crippen molar-refractivity contribution in [3.8, 4) is 0 Å². The van der Waals surface area contributed by atoms with Crippen LogP contribution in [0.25, 0.3) is 0 Å². The summed E-state index contributed by atoms with van der Waals surface area (Å²) < 4.78 is 0. The molecule has 3 heterocycles. The molecule has 2 aliphatic heterocycles. The molecule has 2 saturated heterocycles. The Morgan fingerprint density at radius 2 is 1.88 bits per heavy atom. The monoisotopic (exact) mass is 377 g/mol. The number of carbonyl (C=O) groups is 2. The van der Waals surface area contributed by atoms with Crippen LogP contribution in [-0.4, -0.2) is 47.2 Å². The molecule has 0 unspecified atom stereocenters. The van der Waals surface area contributed by atoms with Gasteiger partial charge in [0.2, 0.25) is 22.1 Å². The molecule has 26 heavy (non-hydrogen) atoms. The fourth-order valence-electron chi connectivity index (χ4n) is 4.36. The molecule has 0 radical (unpaired) electrons. The molecule has 1 aliphatic carbocycles. The van der Waals surface area contributed by atoms with Gasteiger partial charge < -0.3 is 10.2 Å². The van der Waals surface area contributed by atoms with Crippen LogP contribution in [-0.2, 0) is 9.59 Å². The van der Waals surface area contributed by atoms with Gasteiger partial charge in [-0.2, -0.15) is 0 Å². The molecule has 3 fully saturated rings. The first-order valence-corrected chi connectivity index (χ1v) is 10.7. The van der Waals surface area contributed by atoms with E-state index in [-0.39, 0.29) is 17.9 Å². The highest BCUT2D eigenvalue weighted by Gasteiger charge is 2.36. The highest BCUT2D eigenvalue weighted by molar-refractivity contribution is 7.19. The zero-order valence-electron chi connectivity index (χ0n) is 15.3. The van der Waals surface area contributed by atoms with Crippen LogP contribution < -0.4 is 15.1 Å². The average molecular weight is 378 g/mol. The van der Waals surface area contributed by atoms with Gasteiger partial charge in [0, 0.05) is 25.6 Å². The van der Waals surface area contributed by atoms with E-state index < -0.39 is 0 Å². The Balaban J connectivity index is 1.44. The van der Waals surface area contributed by atoms with Crippen molar-refractivity contribution in [3.63, 3.8) is 0 Å². The first kappa shape index (κ1) is 17.7. The lowest BCUT2D eigenvalue weighted by Crippen LogP contribution is -2.49. The fraction of sp³-hybridized carbons (Fsp3) is 0.778. The van der Waals surface area contributed by atoms with Crippen LogP contribution in [0.15, 0.2) is 0 Å². The van der Waals surface area contributed by atoms with E-state index >= 15 is 0 Å². The third-order valence-electron chi connectivity index (χ3n) is 5.95. The number of aromatic nitrogens is 2. The summed E-state index contributed by atoms with van der Waals surface area (Å²) in [6.45, 7) is 3.78. The van der Waals surface area contributed by atoms with E-state index in [0.29, 0.717) is 23.5 Å². The molecule has 1 saturated carbocycles. The molecule has 0 bridgehead atoms. The minimum Gasteiger partial charge on any atom is -0.351 e. The summed E-state index contributed by atoms with van der Waals surface area (Å²) in [5.41, 5.74) is 0. The van der Waals surface area contributed by atoms with E-state index in [2.05, 4.69) is 27.3 Å². The summed E-state index contributed by atoms with van der Waals surface area (Å²) in [6.07, 6.45) is 8.05. The van der Waals surface area contributed by atoms with Crippen LogP contribution in [0.1, 0.15) is 58.3 Å². The van der Waals surface area contributed by atoms with Crippen molar-refractivity contribution in [1.82, 2.24) is 15.5 Å². The lowest BCUT2D eigenvalue weighted by molar-refractivity contribution is -0.123. The van der Waals surface area contributed by atoms with Crippen LogP contribution in [0.2, 0.25) is 0 Å². The lowest BCUT2D eigenvalue weighted by Gasteiger charge is -2.32. The molecular weight excluding hydrogens is 350 g/mol. The topological polar surface area (TPSA) is 78.4 Å². The third kappa shape index (κ3) is 3.43. The van der Waals surface area contributed by atoms with Crippen LogP contribution >= 0.6 is 11.3 Å². The van der Waals surface area contributed by atoms with Crippen LogP contribution in [0.3, 0.4) is 0 Å². The second kappa shape index (κ2) is 7.50. The van der Waals surface area contributed by atoms with E-state index in [1.807, 2.05) is 0 Å². The van der Waals surface area contributed by atoms with Crippen molar-refractivity contribution in [2.24, 2.45) is 5.92 Å². The average Bonchev–Trinajstić information content (AvgIpc) is 3.35. The molecule has 1 aromatic rings. The van der Waals surface area contributed by atoms with Gasteiger partial charge in [-0.3, -0.25) is 14.5 Å². The van der Waals surface area contributed by atoms with E-state index in [1.54, 1.807) is 4.90 Å². The predicted octanol–water partition coefficient (Wildman–Crippen LogP) is 2.33. The molecule has 1 N–H and O–H groups in total. The molecule has 4 rings (SSSR count). The van der Waals surface area contributed by atoms with Crippen LogP contribution in [0, 0.1) is 5.92 Å². The summed E-state index contributed by atoms with van der Waals surface area (Å²) >= 11 is 1.43. The van der Waals surface area contributed by atoms with Crippen molar-refractivity contribution in [1.29, 1.82) is 0 Å². The molecule has 3 aliphatic rings. The minimum atomic E-state index is -0.167. The molecular formula is C18H27N5O2S. The molecule has 8 heteroatoms. The minimum absolute atomic E-state index is 0.120. The number of nitrogens with one attached hydrogen (secondary N) is 1. The van der Waals surface area contributed by atoms with Crippen LogP contribution in [0.4, 0.5) is 10.3 Å². The van der Waals surface area contributed by atoms with Gasteiger partial charge in [0.05, 0.1) is 0 Å². The van der Waals surface area contributed by atoms with Gasteiger partial charge >= 0.3 is 0 Å². The Bertz CT molecular complexity index is 678. The first-order chi connectivity index (χ1) is 12.6. The summed E-state index contributed by atoms with van der Waals surface area (Å²) in [7, 11) is 0. The fourth-order valence-corrected chi connectivity index (χ4v) is 5.33. The molecule has 1 aromatic heterocycles. The van der Waals surface area contributed by atoms with Gasteiger partial charge in [-0.1, -0.05) is 31.1 Å². The summed E-state index contributed by atoms with van der Waals surface area (Å²) in [6, 6.07) is 0.130. The second-order valence-corrected chi connectivity index (χ2v) is 8.68. The first-order valence-electron chi connectivity index (χ1n) is 9.84. The third-order valence-corrected chi connectivity index (χ3v) is 6.93. The van der Waals surface area contributed by atoms with Gasteiger partial charge in [0.15, 0.2) is 0 Å². The van der Waals surface area contributed by atoms with E-state index in [4.69, 9.17) is 0 Å². The van der Waals surface area contributed by atoms with E-state index in [0.717, 1.165) is 43.9 Å². The largest absolute Gasteiger partial charge is 0.351 e. The van der Waals surface area contributed by atoms with Gasteiger partial charge in [-0.25, -0.2) is 0 Å². The Hall–Kier alpha value is -1.70. The van der Waals surface area contributed by atoms with Crippen molar-refractivity contribution in [2.45, 2.75) is 70.4 Å². The Labute approximate surface area is 158 Å². The van der Waals surface area contributed by atoms with Gasteiger partial charge in [-0.05, 0) is 38.0 Å². The highest BCUT2D eigenvalue weighted by Crippen LogP contribution is 2.34. The highest BCUT2D eigenvalue weighted by atomic mass is 32.1. The smallest absolute Gasteiger partial charge is 0.243 e. The summed E-state index contributed by atoms with van der Waals surface area (Å²) in [4.78, 5) is 28.6. The van der Waals surface area contributed by atoms with Gasteiger partial charge in [-0.15, -0.1) is 10.2 Å². The summed E-state index contributed by atoms with van der Waals surface area (Å²) in [5, 5.41) is 13.2. The number of hydrogen-bond donors (Lipinski definition) is 1. The Morgan fingerprint density at radius 1 is 1.08 bits per heavy atom. The standard InChI is InChI=1S/C18H27N5O2S/c1-12-6-2-3-7-13(12)19-16(25)14-8-4-10-22(14)17-20-21-18(26-17)23-11-5-9-15(23)24/h12-14H,2-11H2,1H3,(H,19,25)/t12-,13+,14-/m1/s1. The number of carbonyl (C=O) groups excluding carboxylic acids is 2. The maximum Gasteiger partial charge on any atom is 0.243 e. The zero-order chi connectivity index (χ0) is 18.1. The molecule has 142 valence electrons. The van der Waals surface area contributed by atoms with Crippen molar-refractivity contribution in [3.05, 3.63) is 0 Å². The maximum absolute atomic E-state index is 12.9. The molecule has 2 amide bonds. The number of hydrogen-bond acceptors (Lipinski definition) is 6. The van der Waals surface area contributed by atoms with Gasteiger partial charge in [0.1, 0.15) is 6.04 Å². The van der Waals surface area contributed by atoms with Gasteiger partial charge in [0.25, 0.3) is 0 Å². The van der Waals surface area contributed by atoms with E-state index in [1.165, 1.54) is 30.6 Å². The van der Waals surface area contributed by atoms with Crippen molar-refractivity contribution >= 4 is 33.4 Å². The SMILES string of the molecule is C[C@@H]1CCCC[C@@H]1NC(=O)[C@H]1CCCN1c1nnc(N2CCCC2=O)s1. The number of nitrogens with zero attached hydrogens (tertiary/aromatic N) is 4. The summed E-state index contributed by atoms with van der Waals surface area (Å²) in [5.74, 6) is 0.793. The van der Waals surface area contributed by atoms with E-state index in [9.17, 15) is 9.59 Å². The van der Waals surface area contributed by atoms with Crippen molar-refractivity contribution in [2.75, 3.05) is 22.9 Å². The zero-order valence-corrected chi connectivity index (χ0v) is 16.1. The second-order valence-electron chi connectivity index (χ2n) is 7.74. The Kier molecular flexibility index (Phi) is 5.11. The maximum atomic E-state index is 12.9. The molecule has 0 spiro atoms. The molecule has 3 atom stereocenters. The molecule has 7 nitrogen and oxygen atoms in total. The Morgan fingerprint density at radius 3 is 2.65 bits per heavy atom.